The van der Waals surface area contributed by atoms with E-state index in [-0.39, 0.29) is 5.56 Å². The first-order valence-corrected chi connectivity index (χ1v) is 9.61. The molecule has 1 aromatic carbocycles. The van der Waals surface area contributed by atoms with Crippen LogP contribution in [0.3, 0.4) is 0 Å². The summed E-state index contributed by atoms with van der Waals surface area (Å²) in [4.78, 5) is 29.4. The van der Waals surface area contributed by atoms with Crippen LogP contribution in [0.1, 0.15) is 11.3 Å². The second-order valence-corrected chi connectivity index (χ2v) is 7.13. The van der Waals surface area contributed by atoms with Crippen molar-refractivity contribution in [2.75, 3.05) is 50.2 Å². The van der Waals surface area contributed by atoms with E-state index in [0.29, 0.717) is 28.4 Å². The zero-order chi connectivity index (χ0) is 20.5. The van der Waals surface area contributed by atoms with Crippen LogP contribution >= 0.6 is 0 Å². The Morgan fingerprint density at radius 3 is 2.38 bits per heavy atom. The number of piperazine rings is 1. The van der Waals surface area contributed by atoms with Crippen LogP contribution in [-0.2, 0) is 0 Å². The van der Waals surface area contributed by atoms with Gasteiger partial charge in [0.05, 0.1) is 25.1 Å². The maximum atomic E-state index is 12.8. The maximum absolute atomic E-state index is 12.8. The summed E-state index contributed by atoms with van der Waals surface area (Å²) < 4.78 is 10.8. The molecule has 0 radical (unpaired) electrons. The number of rotatable bonds is 4. The van der Waals surface area contributed by atoms with E-state index in [0.717, 1.165) is 43.3 Å². The SMILES string of the molecule is COc1cc2nc(N3CCN(c4cccc(C)n4)CC3)[nH]c(=O)c2c(C)c1OC. The van der Waals surface area contributed by atoms with Gasteiger partial charge in [-0.15, -0.1) is 0 Å². The Bertz CT molecular complexity index is 1100. The Kier molecular flexibility index (Phi) is 5.00. The smallest absolute Gasteiger partial charge is 0.260 e. The lowest BCUT2D eigenvalue weighted by Crippen LogP contribution is -2.47. The number of nitrogens with one attached hydrogen (secondary N) is 1. The fourth-order valence-corrected chi connectivity index (χ4v) is 3.84. The average Bonchev–Trinajstić information content (AvgIpc) is 2.73. The summed E-state index contributed by atoms with van der Waals surface area (Å²) in [7, 11) is 3.14. The highest BCUT2D eigenvalue weighted by Gasteiger charge is 2.22. The molecule has 29 heavy (non-hydrogen) atoms. The van der Waals surface area contributed by atoms with Gasteiger partial charge in [0.15, 0.2) is 11.5 Å². The van der Waals surface area contributed by atoms with Gasteiger partial charge in [-0.25, -0.2) is 9.97 Å². The summed E-state index contributed by atoms with van der Waals surface area (Å²) in [6, 6.07) is 7.80. The van der Waals surface area contributed by atoms with Crippen LogP contribution in [0.5, 0.6) is 11.5 Å². The first-order chi connectivity index (χ1) is 14.0. The van der Waals surface area contributed by atoms with Crippen molar-refractivity contribution in [3.63, 3.8) is 0 Å². The van der Waals surface area contributed by atoms with Gasteiger partial charge < -0.3 is 19.3 Å². The van der Waals surface area contributed by atoms with Gasteiger partial charge in [0.2, 0.25) is 5.95 Å². The molecule has 8 heteroatoms. The fraction of sp³-hybridized carbons (Fsp3) is 0.381. The summed E-state index contributed by atoms with van der Waals surface area (Å²) in [5.74, 6) is 2.68. The molecule has 0 aliphatic carbocycles. The predicted molar refractivity (Wildman–Crippen MR) is 114 cm³/mol. The Balaban J connectivity index is 1.63. The van der Waals surface area contributed by atoms with Gasteiger partial charge in [0.25, 0.3) is 5.56 Å². The van der Waals surface area contributed by atoms with E-state index in [4.69, 9.17) is 14.5 Å². The lowest BCUT2D eigenvalue weighted by atomic mass is 10.1. The van der Waals surface area contributed by atoms with Gasteiger partial charge in [-0.05, 0) is 26.0 Å². The third kappa shape index (κ3) is 3.46. The Morgan fingerprint density at radius 1 is 1.00 bits per heavy atom. The minimum atomic E-state index is -0.175. The lowest BCUT2D eigenvalue weighted by molar-refractivity contribution is 0.354. The summed E-state index contributed by atoms with van der Waals surface area (Å²) in [6.07, 6.45) is 0. The van der Waals surface area contributed by atoms with E-state index >= 15 is 0 Å². The number of ether oxygens (including phenoxy) is 2. The summed E-state index contributed by atoms with van der Waals surface area (Å²) in [5.41, 5.74) is 2.15. The van der Waals surface area contributed by atoms with Crippen molar-refractivity contribution in [2.24, 2.45) is 0 Å². The molecular formula is C21H25N5O3. The molecule has 1 aliphatic rings. The normalized spacial score (nSPS) is 14.3. The van der Waals surface area contributed by atoms with E-state index in [9.17, 15) is 4.79 Å². The second kappa shape index (κ2) is 7.62. The van der Waals surface area contributed by atoms with E-state index < -0.39 is 0 Å². The van der Waals surface area contributed by atoms with Crippen LogP contribution in [0.25, 0.3) is 10.9 Å². The van der Waals surface area contributed by atoms with Gasteiger partial charge in [0, 0.05) is 43.5 Å². The Labute approximate surface area is 169 Å². The molecule has 8 nitrogen and oxygen atoms in total. The summed E-state index contributed by atoms with van der Waals surface area (Å²) in [5, 5.41) is 0.522. The molecule has 0 atom stereocenters. The van der Waals surface area contributed by atoms with Gasteiger partial charge in [0.1, 0.15) is 5.82 Å². The zero-order valence-corrected chi connectivity index (χ0v) is 17.2. The van der Waals surface area contributed by atoms with E-state index in [2.05, 4.69) is 19.8 Å². The number of fused-ring (bicyclic) bond motifs is 1. The number of pyridine rings is 1. The third-order valence-corrected chi connectivity index (χ3v) is 5.34. The van der Waals surface area contributed by atoms with Crippen LogP contribution in [0, 0.1) is 13.8 Å². The summed E-state index contributed by atoms with van der Waals surface area (Å²) in [6.45, 7) is 6.95. The van der Waals surface area contributed by atoms with Crippen LogP contribution in [-0.4, -0.2) is 55.4 Å². The molecule has 0 spiro atoms. The van der Waals surface area contributed by atoms with Crippen molar-refractivity contribution in [1.29, 1.82) is 0 Å². The fourth-order valence-electron chi connectivity index (χ4n) is 3.84. The summed E-state index contributed by atoms with van der Waals surface area (Å²) >= 11 is 0. The number of hydrogen-bond acceptors (Lipinski definition) is 7. The molecule has 3 heterocycles. The maximum Gasteiger partial charge on any atom is 0.260 e. The molecule has 1 fully saturated rings. The molecule has 1 aliphatic heterocycles. The molecule has 1 N–H and O–H groups in total. The largest absolute Gasteiger partial charge is 0.493 e. The molecule has 1 saturated heterocycles. The number of hydrogen-bond donors (Lipinski definition) is 1. The standard InChI is InChI=1S/C21H25N5O3/c1-13-6-5-7-17(22-13)25-8-10-26(11-9-25)21-23-15-12-16(28-3)19(29-4)14(2)18(15)20(27)24-21/h5-7,12H,8-11H2,1-4H3,(H,23,24,27). The Hall–Kier alpha value is -3.29. The quantitative estimate of drug-likeness (QED) is 0.725. The highest BCUT2D eigenvalue weighted by atomic mass is 16.5. The molecular weight excluding hydrogens is 370 g/mol. The molecule has 0 amide bonds. The molecule has 2 aromatic heterocycles. The molecule has 152 valence electrons. The highest BCUT2D eigenvalue weighted by Crippen LogP contribution is 2.35. The number of nitrogens with zero attached hydrogens (tertiary/aromatic N) is 4. The number of methoxy groups -OCH3 is 2. The Morgan fingerprint density at radius 2 is 1.72 bits per heavy atom. The van der Waals surface area contributed by atoms with Crippen LogP contribution in [0.15, 0.2) is 29.1 Å². The van der Waals surface area contributed by atoms with Crippen molar-refractivity contribution in [1.82, 2.24) is 15.0 Å². The van der Waals surface area contributed by atoms with Crippen molar-refractivity contribution in [3.05, 3.63) is 45.9 Å². The van der Waals surface area contributed by atoms with E-state index in [1.807, 2.05) is 32.0 Å². The van der Waals surface area contributed by atoms with Crippen molar-refractivity contribution >= 4 is 22.7 Å². The lowest BCUT2D eigenvalue weighted by Gasteiger charge is -2.35. The number of aryl methyl sites for hydroxylation is 2. The van der Waals surface area contributed by atoms with Crippen LogP contribution in [0.2, 0.25) is 0 Å². The topological polar surface area (TPSA) is 83.6 Å². The average molecular weight is 395 g/mol. The van der Waals surface area contributed by atoms with Gasteiger partial charge in [-0.3, -0.25) is 9.78 Å². The number of aromatic amines is 1. The first kappa shape index (κ1) is 19.0. The molecule has 3 aromatic rings. The zero-order valence-electron chi connectivity index (χ0n) is 17.2. The van der Waals surface area contributed by atoms with Crippen molar-refractivity contribution < 1.29 is 9.47 Å². The highest BCUT2D eigenvalue weighted by molar-refractivity contribution is 5.86. The van der Waals surface area contributed by atoms with Crippen LogP contribution in [0.4, 0.5) is 11.8 Å². The number of H-pyrrole nitrogens is 1. The molecule has 4 rings (SSSR count). The molecule has 0 saturated carbocycles. The van der Waals surface area contributed by atoms with E-state index in [1.165, 1.54) is 0 Å². The van der Waals surface area contributed by atoms with Gasteiger partial charge in [-0.2, -0.15) is 0 Å². The predicted octanol–water partition coefficient (Wildman–Crippen LogP) is 2.28. The van der Waals surface area contributed by atoms with Crippen LogP contribution < -0.4 is 24.8 Å². The number of aromatic nitrogens is 3. The number of benzene rings is 1. The van der Waals surface area contributed by atoms with E-state index in [1.54, 1.807) is 20.3 Å². The second-order valence-electron chi connectivity index (χ2n) is 7.13. The molecule has 0 bridgehead atoms. The van der Waals surface area contributed by atoms with Gasteiger partial charge in [-0.1, -0.05) is 6.07 Å². The van der Waals surface area contributed by atoms with Crippen molar-refractivity contribution in [3.8, 4) is 11.5 Å². The monoisotopic (exact) mass is 395 g/mol. The van der Waals surface area contributed by atoms with Gasteiger partial charge >= 0.3 is 0 Å². The minimum absolute atomic E-state index is 0.175. The third-order valence-electron chi connectivity index (χ3n) is 5.34. The minimum Gasteiger partial charge on any atom is -0.493 e. The number of anilines is 2. The van der Waals surface area contributed by atoms with Crippen molar-refractivity contribution in [2.45, 2.75) is 13.8 Å². The first-order valence-electron chi connectivity index (χ1n) is 9.61. The molecule has 0 unspecified atom stereocenters.